The number of thiophene rings is 1. The first-order valence-corrected chi connectivity index (χ1v) is 10.1. The number of fused-ring (bicyclic) bond motifs is 1. The van der Waals surface area contributed by atoms with Crippen LogP contribution in [0.15, 0.2) is 40.8 Å². The third kappa shape index (κ3) is 3.81. The smallest absolute Gasteiger partial charge is 0.289 e. The summed E-state index contributed by atoms with van der Waals surface area (Å²) in [5, 5.41) is 3.67. The second kappa shape index (κ2) is 7.41. The van der Waals surface area contributed by atoms with Crippen molar-refractivity contribution in [3.8, 4) is 0 Å². The number of ether oxygens (including phenoxy) is 1. The van der Waals surface area contributed by atoms with Gasteiger partial charge in [-0.15, -0.1) is 11.3 Å². The zero-order valence-electron chi connectivity index (χ0n) is 16.0. The van der Waals surface area contributed by atoms with Gasteiger partial charge in [0.05, 0.1) is 17.1 Å². The lowest BCUT2D eigenvalue weighted by Crippen LogP contribution is -2.48. The minimum atomic E-state index is -0.145. The molecule has 7 heteroatoms. The van der Waals surface area contributed by atoms with Crippen LogP contribution < -0.4 is 5.32 Å². The number of nitrogens with one attached hydrogen (secondary N) is 1. The zero-order chi connectivity index (χ0) is 19.8. The molecule has 28 heavy (non-hydrogen) atoms. The number of furan rings is 1. The Labute approximate surface area is 167 Å². The summed E-state index contributed by atoms with van der Waals surface area (Å²) in [6, 6.07) is 10.8. The van der Waals surface area contributed by atoms with Gasteiger partial charge >= 0.3 is 0 Å². The number of nitrogens with zero attached hydrogens (tertiary/aromatic N) is 1. The number of anilines is 1. The Morgan fingerprint density at radius 3 is 2.54 bits per heavy atom. The zero-order valence-corrected chi connectivity index (χ0v) is 16.8. The Hall–Kier alpha value is -2.64. The molecule has 0 saturated carbocycles. The number of rotatable bonds is 3. The summed E-state index contributed by atoms with van der Waals surface area (Å²) in [5.41, 5.74) is 1.28. The van der Waals surface area contributed by atoms with Gasteiger partial charge in [-0.1, -0.05) is 0 Å². The van der Waals surface area contributed by atoms with Crippen molar-refractivity contribution in [3.05, 3.63) is 51.9 Å². The maximum atomic E-state index is 12.8. The number of benzene rings is 1. The third-order valence-corrected chi connectivity index (χ3v) is 5.66. The van der Waals surface area contributed by atoms with Crippen LogP contribution in [0.5, 0.6) is 0 Å². The van der Waals surface area contributed by atoms with E-state index in [2.05, 4.69) is 5.32 Å². The standard InChI is InChI=1S/C21H22N2O4S/c1-12-10-23(11-13(2)26-12)21(25)18-9-15-8-16(5-6-17(15)27-18)22-20(24)19-7-4-14(3)28-19/h4-9,12-13H,10-11H2,1-3H3,(H,22,24)/t12-,13+. The van der Waals surface area contributed by atoms with Crippen molar-refractivity contribution in [2.45, 2.75) is 33.0 Å². The molecule has 1 aromatic carbocycles. The molecule has 2 atom stereocenters. The average molecular weight is 398 g/mol. The van der Waals surface area contributed by atoms with Crippen molar-refractivity contribution >= 4 is 39.8 Å². The fourth-order valence-corrected chi connectivity index (χ4v) is 4.24. The predicted octanol–water partition coefficient (Wildman–Crippen LogP) is 4.30. The van der Waals surface area contributed by atoms with Crippen molar-refractivity contribution in [1.82, 2.24) is 4.90 Å². The molecule has 146 valence electrons. The van der Waals surface area contributed by atoms with E-state index in [1.807, 2.05) is 39.0 Å². The lowest BCUT2D eigenvalue weighted by molar-refractivity contribution is -0.0591. The number of amides is 2. The van der Waals surface area contributed by atoms with Gasteiger partial charge in [0.25, 0.3) is 11.8 Å². The van der Waals surface area contributed by atoms with Crippen LogP contribution in [0, 0.1) is 6.92 Å². The molecular formula is C21H22N2O4S. The summed E-state index contributed by atoms with van der Waals surface area (Å²) in [5.74, 6) is 0.0139. The van der Waals surface area contributed by atoms with Crippen LogP contribution >= 0.6 is 11.3 Å². The number of hydrogen-bond donors (Lipinski definition) is 1. The lowest BCUT2D eigenvalue weighted by Gasteiger charge is -2.34. The summed E-state index contributed by atoms with van der Waals surface area (Å²) >= 11 is 1.45. The summed E-state index contributed by atoms with van der Waals surface area (Å²) in [6.45, 7) is 6.97. The van der Waals surface area contributed by atoms with Crippen molar-refractivity contribution in [2.75, 3.05) is 18.4 Å². The molecule has 1 saturated heterocycles. The van der Waals surface area contributed by atoms with Gasteiger partial charge in [0.15, 0.2) is 5.76 Å². The summed E-state index contributed by atoms with van der Waals surface area (Å²) in [6.07, 6.45) is -0.000404. The molecule has 2 aromatic heterocycles. The summed E-state index contributed by atoms with van der Waals surface area (Å²) in [4.78, 5) is 28.7. The van der Waals surface area contributed by atoms with E-state index in [1.54, 1.807) is 23.1 Å². The van der Waals surface area contributed by atoms with Crippen LogP contribution in [-0.2, 0) is 4.74 Å². The van der Waals surface area contributed by atoms with Crippen molar-refractivity contribution in [1.29, 1.82) is 0 Å². The normalized spacial score (nSPS) is 19.8. The Morgan fingerprint density at radius 2 is 1.86 bits per heavy atom. The molecule has 0 radical (unpaired) electrons. The maximum absolute atomic E-state index is 12.8. The molecule has 0 bridgehead atoms. The monoisotopic (exact) mass is 398 g/mol. The molecule has 1 aliphatic rings. The lowest BCUT2D eigenvalue weighted by atomic mass is 10.2. The van der Waals surface area contributed by atoms with Crippen LogP contribution in [0.25, 0.3) is 11.0 Å². The van der Waals surface area contributed by atoms with Crippen LogP contribution in [0.4, 0.5) is 5.69 Å². The molecule has 2 amide bonds. The van der Waals surface area contributed by atoms with E-state index in [-0.39, 0.29) is 24.0 Å². The molecule has 6 nitrogen and oxygen atoms in total. The van der Waals surface area contributed by atoms with Crippen molar-refractivity contribution in [2.24, 2.45) is 0 Å². The van der Waals surface area contributed by atoms with Crippen LogP contribution in [-0.4, -0.2) is 42.0 Å². The van der Waals surface area contributed by atoms with E-state index in [1.165, 1.54) is 11.3 Å². The highest BCUT2D eigenvalue weighted by molar-refractivity contribution is 7.14. The van der Waals surface area contributed by atoms with Gasteiger partial charge in [-0.2, -0.15) is 0 Å². The van der Waals surface area contributed by atoms with Gasteiger partial charge in [-0.3, -0.25) is 9.59 Å². The third-order valence-electron chi connectivity index (χ3n) is 4.66. The van der Waals surface area contributed by atoms with Gasteiger partial charge in [0.1, 0.15) is 5.58 Å². The van der Waals surface area contributed by atoms with Gasteiger partial charge in [0.2, 0.25) is 0 Å². The minimum Gasteiger partial charge on any atom is -0.451 e. The molecule has 0 unspecified atom stereocenters. The number of carbonyl (C=O) groups is 2. The van der Waals surface area contributed by atoms with Crippen LogP contribution in [0.1, 0.15) is 39.0 Å². The Kier molecular flexibility index (Phi) is 4.95. The number of carbonyl (C=O) groups excluding carboxylic acids is 2. The molecule has 0 aliphatic carbocycles. The topological polar surface area (TPSA) is 71.8 Å². The van der Waals surface area contributed by atoms with E-state index in [0.29, 0.717) is 35.0 Å². The molecular weight excluding hydrogens is 376 g/mol. The second-order valence-corrected chi connectivity index (χ2v) is 8.48. The SMILES string of the molecule is Cc1ccc(C(=O)Nc2ccc3oc(C(=O)N4C[C@@H](C)O[C@@H](C)C4)cc3c2)s1. The second-order valence-electron chi connectivity index (χ2n) is 7.20. The maximum Gasteiger partial charge on any atom is 0.289 e. The Morgan fingerprint density at radius 1 is 1.11 bits per heavy atom. The molecule has 1 N–H and O–H groups in total. The van der Waals surface area contributed by atoms with Gasteiger partial charge in [-0.25, -0.2) is 0 Å². The van der Waals surface area contributed by atoms with Gasteiger partial charge in [0, 0.05) is 29.0 Å². The quantitative estimate of drug-likeness (QED) is 0.714. The Balaban J connectivity index is 1.53. The molecule has 3 heterocycles. The van der Waals surface area contributed by atoms with Crippen LogP contribution in [0.2, 0.25) is 0 Å². The highest BCUT2D eigenvalue weighted by Crippen LogP contribution is 2.26. The molecule has 1 fully saturated rings. The van der Waals surface area contributed by atoms with E-state index in [4.69, 9.17) is 9.15 Å². The van der Waals surface area contributed by atoms with Crippen molar-refractivity contribution < 1.29 is 18.7 Å². The van der Waals surface area contributed by atoms with E-state index >= 15 is 0 Å². The minimum absolute atomic E-state index is 0.000202. The van der Waals surface area contributed by atoms with Crippen molar-refractivity contribution in [3.63, 3.8) is 0 Å². The largest absolute Gasteiger partial charge is 0.451 e. The van der Waals surface area contributed by atoms with Crippen LogP contribution in [0.3, 0.4) is 0 Å². The summed E-state index contributed by atoms with van der Waals surface area (Å²) in [7, 11) is 0. The van der Waals surface area contributed by atoms with Gasteiger partial charge in [-0.05, 0) is 57.2 Å². The number of morpholine rings is 1. The first kappa shape index (κ1) is 18.7. The fourth-order valence-electron chi connectivity index (χ4n) is 3.48. The fraction of sp³-hybridized carbons (Fsp3) is 0.333. The summed E-state index contributed by atoms with van der Waals surface area (Å²) < 4.78 is 11.4. The first-order valence-electron chi connectivity index (χ1n) is 9.25. The first-order chi connectivity index (χ1) is 13.4. The van der Waals surface area contributed by atoms with E-state index in [0.717, 1.165) is 10.3 Å². The average Bonchev–Trinajstić information content (AvgIpc) is 3.26. The molecule has 1 aliphatic heterocycles. The molecule has 3 aromatic rings. The Bertz CT molecular complexity index is 1030. The highest BCUT2D eigenvalue weighted by Gasteiger charge is 2.28. The van der Waals surface area contributed by atoms with Gasteiger partial charge < -0.3 is 19.4 Å². The number of hydrogen-bond acceptors (Lipinski definition) is 5. The predicted molar refractivity (Wildman–Crippen MR) is 109 cm³/mol. The molecule has 0 spiro atoms. The van der Waals surface area contributed by atoms with E-state index < -0.39 is 0 Å². The highest BCUT2D eigenvalue weighted by atomic mass is 32.1. The van der Waals surface area contributed by atoms with E-state index in [9.17, 15) is 9.59 Å². The number of aryl methyl sites for hydroxylation is 1. The molecule has 4 rings (SSSR count).